The van der Waals surface area contributed by atoms with E-state index in [0.29, 0.717) is 18.1 Å². The Morgan fingerprint density at radius 2 is 0.926 bits per heavy atom. The molecule has 268 valence electrons. The van der Waals surface area contributed by atoms with Crippen LogP contribution in [0.1, 0.15) is 34.0 Å². The second-order valence-electron chi connectivity index (χ2n) is 13.6. The first-order valence-corrected chi connectivity index (χ1v) is 18.4. The smallest absolute Gasteiger partial charge is 0.132 e. The van der Waals surface area contributed by atoms with Gasteiger partial charge >= 0.3 is 0 Å². The minimum absolute atomic E-state index is 0.298. The largest absolute Gasteiger partial charge is 0.497 e. The molecule has 2 aromatic heterocycles. The van der Waals surface area contributed by atoms with Crippen LogP contribution in [-0.2, 0) is 13.1 Å². The van der Waals surface area contributed by atoms with Crippen molar-refractivity contribution in [3.8, 4) is 45.3 Å². The Morgan fingerprint density at radius 3 is 1.33 bits per heavy atom. The lowest BCUT2D eigenvalue weighted by atomic mass is 9.84. The second kappa shape index (κ2) is 13.7. The number of benzene rings is 6. The molecule has 0 saturated heterocycles. The minimum atomic E-state index is -0.298. The highest BCUT2D eigenvalue weighted by Crippen LogP contribution is 2.53. The van der Waals surface area contributed by atoms with Crippen molar-refractivity contribution in [2.75, 3.05) is 28.4 Å². The number of ether oxygens (including phenoxy) is 4. The third-order valence-electron chi connectivity index (χ3n) is 10.8. The van der Waals surface area contributed by atoms with Crippen LogP contribution >= 0.6 is 11.6 Å². The zero-order chi connectivity index (χ0) is 36.9. The van der Waals surface area contributed by atoms with Gasteiger partial charge in [0.05, 0.1) is 56.2 Å². The highest BCUT2D eigenvalue weighted by atomic mass is 35.5. The predicted molar refractivity (Wildman–Crippen MR) is 218 cm³/mol. The standard InChI is InChI=1S/C47H39ClN2O4/c1-51-35-23-37-44(39(25-35)53-3)41(29-13-7-5-8-14-29)46-43(31-19-21-34(48)22-20-31)47-42(30-15-9-6-10-16-30)45-38(24-36(52-2)26-40(45)54-4)50(47)28-33-18-12-11-17-32(33)27-49(37)46/h5-26,43H,27-28H2,1-4H3. The molecule has 0 N–H and O–H groups in total. The average molecular weight is 731 g/mol. The number of hydrogen-bond acceptors (Lipinski definition) is 4. The van der Waals surface area contributed by atoms with Crippen LogP contribution in [0.2, 0.25) is 5.02 Å². The third-order valence-corrected chi connectivity index (χ3v) is 11.1. The molecule has 0 radical (unpaired) electrons. The van der Waals surface area contributed by atoms with Crippen molar-refractivity contribution in [1.82, 2.24) is 9.13 Å². The number of nitrogens with zero attached hydrogens (tertiary/aromatic N) is 2. The van der Waals surface area contributed by atoms with Crippen LogP contribution in [0.5, 0.6) is 23.0 Å². The van der Waals surface area contributed by atoms with Gasteiger partial charge in [-0.3, -0.25) is 0 Å². The van der Waals surface area contributed by atoms with Crippen molar-refractivity contribution in [3.63, 3.8) is 0 Å². The van der Waals surface area contributed by atoms with Gasteiger partial charge in [0.1, 0.15) is 23.0 Å². The molecule has 6 aromatic carbocycles. The van der Waals surface area contributed by atoms with Crippen LogP contribution in [0.4, 0.5) is 0 Å². The normalized spacial score (nSPS) is 12.7. The Balaban J connectivity index is 1.57. The van der Waals surface area contributed by atoms with Crippen LogP contribution in [0.3, 0.4) is 0 Å². The number of halogens is 1. The van der Waals surface area contributed by atoms with E-state index < -0.39 is 0 Å². The van der Waals surface area contributed by atoms with Crippen LogP contribution in [0, 0.1) is 0 Å². The molecular formula is C47H39ClN2O4. The Hall–Kier alpha value is -6.11. The van der Waals surface area contributed by atoms with Gasteiger partial charge < -0.3 is 28.1 Å². The quantitative estimate of drug-likeness (QED) is 0.164. The van der Waals surface area contributed by atoms with E-state index >= 15 is 0 Å². The lowest BCUT2D eigenvalue weighted by molar-refractivity contribution is 0.397. The Morgan fingerprint density at radius 1 is 0.500 bits per heavy atom. The van der Waals surface area contributed by atoms with Crippen LogP contribution < -0.4 is 18.9 Å². The van der Waals surface area contributed by atoms with Gasteiger partial charge in [-0.1, -0.05) is 109 Å². The van der Waals surface area contributed by atoms with Crippen molar-refractivity contribution < 1.29 is 18.9 Å². The maximum atomic E-state index is 6.65. The number of hydrogen-bond donors (Lipinski definition) is 0. The van der Waals surface area contributed by atoms with E-state index in [-0.39, 0.29) is 5.92 Å². The Bertz CT molecular complexity index is 2500. The van der Waals surface area contributed by atoms with Crippen LogP contribution in [-0.4, -0.2) is 37.6 Å². The first kappa shape index (κ1) is 33.7. The molecule has 6 nitrogen and oxygen atoms in total. The molecule has 1 aliphatic heterocycles. The summed E-state index contributed by atoms with van der Waals surface area (Å²) in [6.45, 7) is 1.26. The zero-order valence-electron chi connectivity index (χ0n) is 30.6. The summed E-state index contributed by atoms with van der Waals surface area (Å²) in [7, 11) is 6.89. The van der Waals surface area contributed by atoms with Gasteiger partial charge in [-0.25, -0.2) is 0 Å². The molecule has 3 heterocycles. The summed E-state index contributed by atoms with van der Waals surface area (Å²) in [5.41, 5.74) is 12.2. The van der Waals surface area contributed by atoms with Gasteiger partial charge in [-0.05, 0) is 39.9 Å². The number of rotatable bonds is 7. The molecule has 7 heteroatoms. The summed E-state index contributed by atoms with van der Waals surface area (Å²) in [5, 5.41) is 2.74. The average Bonchev–Trinajstić information content (AvgIpc) is 3.72. The van der Waals surface area contributed by atoms with Gasteiger partial charge in [0, 0.05) is 64.9 Å². The Kier molecular flexibility index (Phi) is 8.55. The topological polar surface area (TPSA) is 46.8 Å². The van der Waals surface area contributed by atoms with Crippen molar-refractivity contribution in [3.05, 3.63) is 167 Å². The molecule has 8 aromatic rings. The summed E-state index contributed by atoms with van der Waals surface area (Å²) in [6, 6.07) is 46.7. The number of methoxy groups -OCH3 is 4. The maximum absolute atomic E-state index is 6.65. The zero-order valence-corrected chi connectivity index (χ0v) is 31.4. The van der Waals surface area contributed by atoms with E-state index in [1.54, 1.807) is 28.4 Å². The summed E-state index contributed by atoms with van der Waals surface area (Å²) in [4.78, 5) is 0. The van der Waals surface area contributed by atoms with Crippen molar-refractivity contribution in [2.24, 2.45) is 0 Å². The molecule has 54 heavy (non-hydrogen) atoms. The number of aromatic nitrogens is 2. The molecule has 0 aliphatic carbocycles. The van der Waals surface area contributed by atoms with Gasteiger partial charge in [0.25, 0.3) is 0 Å². The van der Waals surface area contributed by atoms with E-state index in [4.69, 9.17) is 30.5 Å². The molecule has 0 spiro atoms. The molecular weight excluding hydrogens is 692 g/mol. The minimum Gasteiger partial charge on any atom is -0.497 e. The first-order valence-electron chi connectivity index (χ1n) is 18.0. The fourth-order valence-corrected chi connectivity index (χ4v) is 8.59. The van der Waals surface area contributed by atoms with E-state index in [1.165, 1.54) is 11.1 Å². The maximum Gasteiger partial charge on any atom is 0.132 e. The molecule has 0 atom stereocenters. The summed E-state index contributed by atoms with van der Waals surface area (Å²) >= 11 is 6.65. The first-order chi connectivity index (χ1) is 26.5. The van der Waals surface area contributed by atoms with Crippen LogP contribution in [0.15, 0.2) is 133 Å². The van der Waals surface area contributed by atoms with Crippen molar-refractivity contribution in [2.45, 2.75) is 19.0 Å². The highest BCUT2D eigenvalue weighted by molar-refractivity contribution is 6.30. The number of fused-ring (bicyclic) bond motifs is 7. The Labute approximate surface area is 319 Å². The van der Waals surface area contributed by atoms with Gasteiger partial charge in [-0.15, -0.1) is 0 Å². The molecule has 0 saturated carbocycles. The van der Waals surface area contributed by atoms with Crippen molar-refractivity contribution in [1.29, 1.82) is 0 Å². The van der Waals surface area contributed by atoms with Crippen LogP contribution in [0.25, 0.3) is 44.1 Å². The fraction of sp³-hybridized carbons (Fsp3) is 0.149. The van der Waals surface area contributed by atoms with Crippen molar-refractivity contribution >= 4 is 33.4 Å². The molecule has 0 fully saturated rings. The van der Waals surface area contributed by atoms with Gasteiger partial charge in [-0.2, -0.15) is 0 Å². The second-order valence-corrected chi connectivity index (χ2v) is 14.1. The van der Waals surface area contributed by atoms with E-state index in [1.807, 2.05) is 24.3 Å². The molecule has 0 bridgehead atoms. The SMILES string of the molecule is COc1cc(OC)c2c(-c3ccccc3)c3n(c2c1)Cc1ccccc1Cn1c(c(-c2ccccc2)c2c(OC)cc(OC)cc21)C3c1ccc(Cl)cc1. The summed E-state index contributed by atoms with van der Waals surface area (Å²) in [5.74, 6) is 2.66. The summed E-state index contributed by atoms with van der Waals surface area (Å²) < 4.78 is 29.3. The van der Waals surface area contributed by atoms with E-state index in [9.17, 15) is 0 Å². The van der Waals surface area contributed by atoms with E-state index in [0.717, 1.165) is 84.0 Å². The van der Waals surface area contributed by atoms with E-state index in [2.05, 4.69) is 118 Å². The highest BCUT2D eigenvalue weighted by Gasteiger charge is 2.37. The fourth-order valence-electron chi connectivity index (χ4n) is 8.47. The van der Waals surface area contributed by atoms with Gasteiger partial charge in [0.15, 0.2) is 0 Å². The predicted octanol–water partition coefficient (Wildman–Crippen LogP) is 11.2. The third kappa shape index (κ3) is 5.40. The molecule has 9 rings (SSSR count). The molecule has 0 amide bonds. The molecule has 1 aliphatic rings. The van der Waals surface area contributed by atoms with Gasteiger partial charge in [0.2, 0.25) is 0 Å². The monoisotopic (exact) mass is 730 g/mol. The summed E-state index contributed by atoms with van der Waals surface area (Å²) in [6.07, 6.45) is 0. The molecule has 0 unspecified atom stereocenters. The lowest BCUT2D eigenvalue weighted by Crippen LogP contribution is -2.15. The lowest BCUT2D eigenvalue weighted by Gasteiger charge is -2.25.